The molecule has 38 heavy (non-hydrogen) atoms. The molecule has 0 radical (unpaired) electrons. The molecule has 1 amide bonds. The minimum absolute atomic E-state index is 0.167. The molecule has 2 heterocycles. The highest BCUT2D eigenvalue weighted by atomic mass is 32.2. The molecule has 3 aromatic rings. The van der Waals surface area contributed by atoms with Crippen LogP contribution in [0.4, 0.5) is 9.18 Å². The number of amides is 1. The number of benzene rings is 1. The number of ether oxygens (including phenoxy) is 1. The fraction of sp³-hybridized carbons (Fsp3) is 0.481. The lowest BCUT2D eigenvalue weighted by Gasteiger charge is -2.23. The van der Waals surface area contributed by atoms with Crippen LogP contribution in [0.25, 0.3) is 11.1 Å². The number of nitrogens with zero attached hydrogens (tertiary/aromatic N) is 3. The molecule has 8 nitrogen and oxygen atoms in total. The van der Waals surface area contributed by atoms with Crippen LogP contribution in [0.2, 0.25) is 0 Å². The van der Waals surface area contributed by atoms with E-state index in [1.807, 2.05) is 37.6 Å². The van der Waals surface area contributed by atoms with Crippen molar-refractivity contribution in [3.63, 3.8) is 0 Å². The second-order valence-corrected chi connectivity index (χ2v) is 13.5. The number of thiol groups is 1. The lowest BCUT2D eigenvalue weighted by atomic mass is 9.95. The van der Waals surface area contributed by atoms with Crippen LogP contribution in [-0.4, -0.2) is 45.6 Å². The number of imidazole rings is 1. The van der Waals surface area contributed by atoms with Gasteiger partial charge in [-0.15, -0.1) is 11.3 Å². The maximum absolute atomic E-state index is 15.3. The maximum Gasteiger partial charge on any atom is 0.429 e. The van der Waals surface area contributed by atoms with Crippen LogP contribution in [0.5, 0.6) is 5.06 Å². The molecule has 1 aromatic carbocycles. The second kappa shape index (κ2) is 11.5. The van der Waals surface area contributed by atoms with Crippen molar-refractivity contribution in [1.29, 1.82) is 0 Å². The normalized spacial score (nSPS) is 12.4. The van der Waals surface area contributed by atoms with Crippen molar-refractivity contribution in [2.45, 2.75) is 72.4 Å². The van der Waals surface area contributed by atoms with Gasteiger partial charge in [-0.05, 0) is 43.9 Å². The van der Waals surface area contributed by atoms with E-state index in [2.05, 4.69) is 18.8 Å². The van der Waals surface area contributed by atoms with Gasteiger partial charge in [0, 0.05) is 33.8 Å². The highest BCUT2D eigenvalue weighted by molar-refractivity contribution is 7.70. The number of aromatic nitrogens is 2. The number of halogens is 1. The van der Waals surface area contributed by atoms with Crippen molar-refractivity contribution >= 4 is 28.3 Å². The van der Waals surface area contributed by atoms with Gasteiger partial charge >= 0.3 is 6.09 Å². The number of carbonyl (C=O) groups excluding carboxylic acids is 1. The van der Waals surface area contributed by atoms with E-state index in [0.29, 0.717) is 39.9 Å². The number of hydrogen-bond acceptors (Lipinski definition) is 7. The molecule has 0 unspecified atom stereocenters. The Bertz CT molecular complexity index is 1360. The largest absolute Gasteiger partial charge is 0.429 e. The van der Waals surface area contributed by atoms with Gasteiger partial charge in [-0.3, -0.25) is 0 Å². The SMILES string of the molecule is CC(C)Cc1cc(-c2ccc(Cn3ccnc3C(C)(C)C)c(F)c2)c(OC(=O)N(CC(C)(C)O)[SH](=O)=O)s1. The van der Waals surface area contributed by atoms with Crippen molar-refractivity contribution in [2.75, 3.05) is 6.54 Å². The Balaban J connectivity index is 1.95. The van der Waals surface area contributed by atoms with Crippen LogP contribution in [0.1, 0.15) is 64.7 Å². The molecule has 11 heteroatoms. The van der Waals surface area contributed by atoms with Gasteiger partial charge in [0.1, 0.15) is 11.6 Å². The molecule has 1 N–H and O–H groups in total. The zero-order chi connectivity index (χ0) is 28.4. The Hall–Kier alpha value is -2.76. The number of hydrogen-bond donors (Lipinski definition) is 2. The maximum atomic E-state index is 15.3. The van der Waals surface area contributed by atoms with E-state index in [1.54, 1.807) is 18.3 Å². The first-order chi connectivity index (χ1) is 17.5. The molecule has 0 aliphatic rings. The molecular formula is C27H36FN3O5S2. The van der Waals surface area contributed by atoms with Crippen LogP contribution in [-0.2, 0) is 29.3 Å². The van der Waals surface area contributed by atoms with Gasteiger partial charge in [0.25, 0.3) is 0 Å². The van der Waals surface area contributed by atoms with Crippen molar-refractivity contribution in [2.24, 2.45) is 5.92 Å². The van der Waals surface area contributed by atoms with Crippen LogP contribution in [0, 0.1) is 11.7 Å². The first kappa shape index (κ1) is 29.8. The van der Waals surface area contributed by atoms with Crippen LogP contribution >= 0.6 is 11.3 Å². The average molecular weight is 566 g/mol. The van der Waals surface area contributed by atoms with Crippen LogP contribution in [0.3, 0.4) is 0 Å². The van der Waals surface area contributed by atoms with Crippen LogP contribution < -0.4 is 4.74 Å². The summed E-state index contributed by atoms with van der Waals surface area (Å²) in [5.74, 6) is 0.744. The van der Waals surface area contributed by atoms with Crippen LogP contribution in [0.15, 0.2) is 36.7 Å². The monoisotopic (exact) mass is 565 g/mol. The third-order valence-corrected chi connectivity index (χ3v) is 7.31. The standard InChI is InChI=1S/C27H36FN3O5S2/c1-17(2)12-20-14-21(23(37-20)36-25(32)31(38(34)35)16-27(6,7)33)18-8-9-19(22(28)13-18)15-30-11-10-29-24(30)26(3,4)5/h8-11,13-14,17,33,38H,12,15-16H2,1-7H3. The molecule has 0 atom stereocenters. The summed E-state index contributed by atoms with van der Waals surface area (Å²) in [7, 11) is -3.34. The number of carbonyl (C=O) groups is 1. The lowest BCUT2D eigenvalue weighted by Crippen LogP contribution is -2.42. The fourth-order valence-electron chi connectivity index (χ4n) is 4.00. The molecule has 0 aliphatic heterocycles. The van der Waals surface area contributed by atoms with Gasteiger partial charge in [0.05, 0.1) is 18.7 Å². The first-order valence-corrected chi connectivity index (χ1v) is 14.3. The Morgan fingerprint density at radius 2 is 1.89 bits per heavy atom. The summed E-state index contributed by atoms with van der Waals surface area (Å²) < 4.78 is 46.6. The summed E-state index contributed by atoms with van der Waals surface area (Å²) in [6.07, 6.45) is 3.10. The van der Waals surface area contributed by atoms with Gasteiger partial charge in [-0.1, -0.05) is 46.8 Å². The highest BCUT2D eigenvalue weighted by Gasteiger charge is 2.28. The van der Waals surface area contributed by atoms with Crippen molar-refractivity contribution in [3.8, 4) is 16.2 Å². The molecule has 0 saturated carbocycles. The highest BCUT2D eigenvalue weighted by Crippen LogP contribution is 2.40. The quantitative estimate of drug-likeness (QED) is 0.337. The summed E-state index contributed by atoms with van der Waals surface area (Å²) in [4.78, 5) is 18.1. The average Bonchev–Trinajstić information content (AvgIpc) is 3.39. The topological polar surface area (TPSA) is 102 Å². The Kier molecular flexibility index (Phi) is 9.05. The van der Waals surface area contributed by atoms with E-state index in [-0.39, 0.29) is 10.5 Å². The lowest BCUT2D eigenvalue weighted by molar-refractivity contribution is 0.0601. The molecule has 0 fully saturated rings. The van der Waals surface area contributed by atoms with E-state index in [0.717, 1.165) is 10.7 Å². The summed E-state index contributed by atoms with van der Waals surface area (Å²) in [5, 5.41) is 10.2. The van der Waals surface area contributed by atoms with Gasteiger partial charge in [-0.2, -0.15) is 0 Å². The smallest absolute Gasteiger partial charge is 0.398 e. The number of rotatable bonds is 9. The second-order valence-electron chi connectivity index (χ2n) is 11.4. The van der Waals surface area contributed by atoms with Crippen molar-refractivity contribution < 1.29 is 27.4 Å². The molecular weight excluding hydrogens is 529 g/mol. The molecule has 0 spiro atoms. The first-order valence-electron chi connectivity index (χ1n) is 12.3. The van der Waals surface area contributed by atoms with Gasteiger partial charge in [0.15, 0.2) is 5.06 Å². The molecule has 0 aliphatic carbocycles. The minimum atomic E-state index is -3.34. The van der Waals surface area contributed by atoms with E-state index in [1.165, 1.54) is 31.3 Å². The summed E-state index contributed by atoms with van der Waals surface area (Å²) in [6, 6.07) is 6.68. The summed E-state index contributed by atoms with van der Waals surface area (Å²) >= 11 is 1.21. The Morgan fingerprint density at radius 1 is 1.21 bits per heavy atom. The molecule has 208 valence electrons. The third kappa shape index (κ3) is 7.64. The zero-order valence-corrected chi connectivity index (χ0v) is 24.5. The summed E-state index contributed by atoms with van der Waals surface area (Å²) in [6.45, 7) is 12.9. The van der Waals surface area contributed by atoms with E-state index >= 15 is 4.39 Å². The number of aliphatic hydroxyl groups is 1. The minimum Gasteiger partial charge on any atom is -0.398 e. The Labute approximate surface area is 229 Å². The molecule has 3 rings (SSSR count). The fourth-order valence-corrected chi connectivity index (χ4v) is 5.87. The van der Waals surface area contributed by atoms with E-state index < -0.39 is 34.9 Å². The van der Waals surface area contributed by atoms with Gasteiger partial charge in [0.2, 0.25) is 10.9 Å². The van der Waals surface area contributed by atoms with Gasteiger partial charge < -0.3 is 14.4 Å². The summed E-state index contributed by atoms with van der Waals surface area (Å²) in [5.41, 5.74) is -0.172. The Morgan fingerprint density at radius 3 is 2.45 bits per heavy atom. The molecule has 0 saturated heterocycles. The van der Waals surface area contributed by atoms with Crippen molar-refractivity contribution in [3.05, 3.63) is 58.7 Å². The third-order valence-electron chi connectivity index (χ3n) is 5.57. The molecule has 2 aromatic heterocycles. The zero-order valence-electron chi connectivity index (χ0n) is 22.8. The predicted molar refractivity (Wildman–Crippen MR) is 148 cm³/mol. The number of thiophene rings is 1. The van der Waals surface area contributed by atoms with Crippen molar-refractivity contribution in [1.82, 2.24) is 13.9 Å². The van der Waals surface area contributed by atoms with E-state index in [4.69, 9.17) is 4.74 Å². The predicted octanol–water partition coefficient (Wildman–Crippen LogP) is 5.39. The van der Waals surface area contributed by atoms with Gasteiger partial charge in [-0.25, -0.2) is 26.9 Å². The van der Waals surface area contributed by atoms with E-state index in [9.17, 15) is 18.3 Å². The molecule has 0 bridgehead atoms.